The highest BCUT2D eigenvalue weighted by atomic mass is 32.1. The van der Waals surface area contributed by atoms with Crippen molar-refractivity contribution < 1.29 is 14.3 Å². The van der Waals surface area contributed by atoms with Crippen LogP contribution in [0.5, 0.6) is 11.5 Å². The van der Waals surface area contributed by atoms with Gasteiger partial charge in [0.2, 0.25) is 12.7 Å². The van der Waals surface area contributed by atoms with Crippen molar-refractivity contribution >= 4 is 35.1 Å². The number of nitrogens with zero attached hydrogens (tertiary/aromatic N) is 1. The molecule has 6 nitrogen and oxygen atoms in total. The summed E-state index contributed by atoms with van der Waals surface area (Å²) in [4.78, 5) is 25.6. The normalized spacial score (nSPS) is 12.0. The molecule has 1 aromatic heterocycles. The fourth-order valence-electron chi connectivity index (χ4n) is 3.01. The van der Waals surface area contributed by atoms with Gasteiger partial charge in [-0.05, 0) is 60.6 Å². The van der Waals surface area contributed by atoms with Crippen molar-refractivity contribution in [2.75, 3.05) is 12.1 Å². The maximum absolute atomic E-state index is 12.6. The fourth-order valence-corrected chi connectivity index (χ4v) is 4.35. The zero-order valence-electron chi connectivity index (χ0n) is 15.6. The van der Waals surface area contributed by atoms with Gasteiger partial charge in [0.05, 0.1) is 0 Å². The maximum Gasteiger partial charge on any atom is 0.253 e. The highest BCUT2D eigenvalue weighted by Gasteiger charge is 2.15. The van der Waals surface area contributed by atoms with Crippen LogP contribution < -0.4 is 20.3 Å². The van der Waals surface area contributed by atoms with Gasteiger partial charge in [-0.25, -0.2) is 0 Å². The quantitative estimate of drug-likeness (QED) is 0.614. The lowest BCUT2D eigenvalue weighted by Gasteiger charge is -2.09. The van der Waals surface area contributed by atoms with Gasteiger partial charge in [-0.15, -0.1) is 11.3 Å². The number of nitrogens with one attached hydrogen (secondary N) is 1. The van der Waals surface area contributed by atoms with Gasteiger partial charge in [0.25, 0.3) is 5.56 Å². The first-order chi connectivity index (χ1) is 14.0. The summed E-state index contributed by atoms with van der Waals surface area (Å²) in [6.45, 7) is 2.38. The van der Waals surface area contributed by atoms with Crippen LogP contribution in [-0.4, -0.2) is 17.3 Å². The topological polar surface area (TPSA) is 69.6 Å². The summed E-state index contributed by atoms with van der Waals surface area (Å²) in [5, 5.41) is 2.84. The van der Waals surface area contributed by atoms with E-state index in [4.69, 9.17) is 21.7 Å². The number of aryl methyl sites for hydroxylation is 1. The second-order valence-electron chi connectivity index (χ2n) is 6.60. The highest BCUT2D eigenvalue weighted by molar-refractivity contribution is 7.73. The minimum absolute atomic E-state index is 0.160. The maximum atomic E-state index is 12.6. The molecule has 1 aliphatic heterocycles. The Bertz CT molecular complexity index is 1170. The summed E-state index contributed by atoms with van der Waals surface area (Å²) < 4.78 is 12.6. The molecule has 0 saturated heterocycles. The molecule has 4 rings (SSSR count). The van der Waals surface area contributed by atoms with Crippen molar-refractivity contribution in [3.63, 3.8) is 0 Å². The van der Waals surface area contributed by atoms with Crippen molar-refractivity contribution in [1.82, 2.24) is 4.57 Å². The molecule has 0 bridgehead atoms. The van der Waals surface area contributed by atoms with Crippen LogP contribution in [0.3, 0.4) is 0 Å². The van der Waals surface area contributed by atoms with Gasteiger partial charge in [-0.1, -0.05) is 12.1 Å². The predicted molar refractivity (Wildman–Crippen MR) is 115 cm³/mol. The summed E-state index contributed by atoms with van der Waals surface area (Å²) in [7, 11) is 0. The molecule has 0 aliphatic carbocycles. The Morgan fingerprint density at radius 2 is 2.00 bits per heavy atom. The van der Waals surface area contributed by atoms with Crippen LogP contribution in [0.25, 0.3) is 10.4 Å². The molecule has 2 heterocycles. The van der Waals surface area contributed by atoms with Crippen LogP contribution in [0.15, 0.2) is 53.3 Å². The van der Waals surface area contributed by atoms with Crippen molar-refractivity contribution in [3.05, 3.63) is 68.4 Å². The molecule has 3 aromatic rings. The monoisotopic (exact) mass is 426 g/mol. The van der Waals surface area contributed by atoms with Crippen LogP contribution in [0.2, 0.25) is 0 Å². The van der Waals surface area contributed by atoms with Crippen molar-refractivity contribution in [1.29, 1.82) is 0 Å². The molecule has 2 aromatic carbocycles. The molecule has 29 heavy (non-hydrogen) atoms. The van der Waals surface area contributed by atoms with Crippen LogP contribution in [0.1, 0.15) is 12.0 Å². The number of amides is 1. The average molecular weight is 427 g/mol. The minimum atomic E-state index is -0.232. The molecule has 148 valence electrons. The zero-order chi connectivity index (χ0) is 20.4. The number of carbonyl (C=O) groups excluding carboxylic acids is 1. The molecule has 0 spiro atoms. The van der Waals surface area contributed by atoms with Crippen LogP contribution in [0.4, 0.5) is 5.69 Å². The van der Waals surface area contributed by atoms with E-state index in [1.165, 1.54) is 22.0 Å². The van der Waals surface area contributed by atoms with Crippen molar-refractivity contribution in [2.24, 2.45) is 0 Å². The Morgan fingerprint density at radius 3 is 2.79 bits per heavy atom. The van der Waals surface area contributed by atoms with Gasteiger partial charge >= 0.3 is 0 Å². The third kappa shape index (κ3) is 4.38. The number of fused-ring (bicyclic) bond motifs is 1. The molecule has 0 radical (unpaired) electrons. The Labute approximate surface area is 176 Å². The predicted octanol–water partition coefficient (Wildman–Crippen LogP) is 4.37. The number of benzene rings is 2. The number of ether oxygens (including phenoxy) is 2. The van der Waals surface area contributed by atoms with E-state index in [-0.39, 0.29) is 31.2 Å². The number of hydrogen-bond acceptors (Lipinski definition) is 6. The van der Waals surface area contributed by atoms with E-state index in [1.54, 1.807) is 0 Å². The van der Waals surface area contributed by atoms with Crippen molar-refractivity contribution in [3.8, 4) is 21.9 Å². The van der Waals surface area contributed by atoms with Crippen LogP contribution in [-0.2, 0) is 11.3 Å². The standard InChI is InChI=1S/C21H18N2O4S2/c1-13-3-2-4-15(9-13)22-19(24)7-8-23-20(25)11-18(29-21(23)28)14-5-6-16-17(10-14)27-12-26-16/h2-6,9-11H,7-8,12H2,1H3,(H,22,24). The first-order valence-electron chi connectivity index (χ1n) is 9.01. The molecular formula is C21H18N2O4S2. The van der Waals surface area contributed by atoms with Crippen molar-refractivity contribution in [2.45, 2.75) is 19.9 Å². The summed E-state index contributed by atoms with van der Waals surface area (Å²) in [5.74, 6) is 1.17. The van der Waals surface area contributed by atoms with E-state index in [9.17, 15) is 9.59 Å². The summed E-state index contributed by atoms with van der Waals surface area (Å²) >= 11 is 6.74. The van der Waals surface area contributed by atoms with E-state index in [0.29, 0.717) is 15.5 Å². The third-order valence-electron chi connectivity index (χ3n) is 4.46. The Hall–Kier alpha value is -2.97. The van der Waals surface area contributed by atoms with E-state index >= 15 is 0 Å². The second kappa shape index (κ2) is 8.18. The van der Waals surface area contributed by atoms with E-state index in [1.807, 2.05) is 49.4 Å². The van der Waals surface area contributed by atoms with E-state index in [0.717, 1.165) is 21.7 Å². The smallest absolute Gasteiger partial charge is 0.253 e. The summed E-state index contributed by atoms with van der Waals surface area (Å²) in [6.07, 6.45) is 0.160. The second-order valence-corrected chi connectivity index (χ2v) is 8.28. The number of aromatic nitrogens is 1. The Morgan fingerprint density at radius 1 is 1.17 bits per heavy atom. The van der Waals surface area contributed by atoms with Crippen LogP contribution >= 0.6 is 23.6 Å². The lowest BCUT2D eigenvalue weighted by atomic mass is 10.2. The lowest BCUT2D eigenvalue weighted by Crippen LogP contribution is -2.22. The Balaban J connectivity index is 1.48. The van der Waals surface area contributed by atoms with Gasteiger partial charge in [-0.3, -0.25) is 14.2 Å². The average Bonchev–Trinajstić information content (AvgIpc) is 3.15. The fraction of sp³-hybridized carbons (Fsp3) is 0.190. The van der Waals surface area contributed by atoms with Gasteiger partial charge in [-0.2, -0.15) is 0 Å². The first-order valence-corrected chi connectivity index (χ1v) is 10.2. The number of anilines is 1. The van der Waals surface area contributed by atoms with Gasteiger partial charge < -0.3 is 14.8 Å². The minimum Gasteiger partial charge on any atom is -0.454 e. The largest absolute Gasteiger partial charge is 0.454 e. The van der Waals surface area contributed by atoms with Gasteiger partial charge in [0.1, 0.15) is 0 Å². The van der Waals surface area contributed by atoms with Crippen LogP contribution in [0, 0.1) is 10.9 Å². The first kappa shape index (κ1) is 19.4. The zero-order valence-corrected chi connectivity index (χ0v) is 17.3. The van der Waals surface area contributed by atoms with Gasteiger partial charge in [0.15, 0.2) is 15.5 Å². The molecule has 0 saturated carbocycles. The molecule has 0 fully saturated rings. The highest BCUT2D eigenvalue weighted by Crippen LogP contribution is 2.36. The molecule has 0 unspecified atom stereocenters. The molecule has 1 aliphatic rings. The van der Waals surface area contributed by atoms with Gasteiger partial charge in [0, 0.05) is 29.6 Å². The number of hydrogen-bond donors (Lipinski definition) is 1. The number of carbonyl (C=O) groups is 1. The Kier molecular flexibility index (Phi) is 5.46. The number of rotatable bonds is 5. The SMILES string of the molecule is Cc1cccc(NC(=O)CCn2c(=O)cc(-c3ccc4c(c3)OCO4)sc2=S)c1. The summed E-state index contributed by atoms with van der Waals surface area (Å²) in [6, 6.07) is 14.6. The summed E-state index contributed by atoms with van der Waals surface area (Å²) in [5.41, 5.74) is 2.41. The molecular weight excluding hydrogens is 408 g/mol. The molecule has 8 heteroatoms. The molecule has 1 amide bonds. The van der Waals surface area contributed by atoms with E-state index < -0.39 is 0 Å². The lowest BCUT2D eigenvalue weighted by molar-refractivity contribution is -0.116. The van der Waals surface area contributed by atoms with E-state index in [2.05, 4.69) is 5.32 Å². The third-order valence-corrected chi connectivity index (χ3v) is 5.90. The molecule has 0 atom stereocenters. The molecule has 1 N–H and O–H groups in total.